The van der Waals surface area contributed by atoms with Crippen molar-refractivity contribution >= 4 is 13.7 Å². The van der Waals surface area contributed by atoms with Crippen molar-refractivity contribution < 1.29 is 59.0 Å². The second kappa shape index (κ2) is 38.8. The number of hydrogen-bond acceptors (Lipinski definition) is 11. The van der Waals surface area contributed by atoms with Gasteiger partial charge in [0.2, 0.25) is 5.91 Å². The van der Waals surface area contributed by atoms with Crippen LogP contribution in [0.5, 0.6) is 0 Å². The van der Waals surface area contributed by atoms with Crippen molar-refractivity contribution in [3.05, 3.63) is 24.3 Å². The fourth-order valence-corrected chi connectivity index (χ4v) is 9.09. The average Bonchev–Trinajstić information content (AvgIpc) is 3.26. The number of carbonyl (C=O) groups excluding carboxylic acids is 1. The lowest BCUT2D eigenvalue weighted by Crippen LogP contribution is -2.64. The van der Waals surface area contributed by atoms with Gasteiger partial charge in [-0.2, -0.15) is 0 Å². The van der Waals surface area contributed by atoms with Crippen LogP contribution in [0.1, 0.15) is 219 Å². The van der Waals surface area contributed by atoms with Gasteiger partial charge in [0.25, 0.3) is 0 Å². The molecule has 8 unspecified atom stereocenters. The van der Waals surface area contributed by atoms with E-state index >= 15 is 0 Å². The summed E-state index contributed by atoms with van der Waals surface area (Å²) in [4.78, 5) is 23.5. The molecule has 0 bridgehead atoms. The Morgan fingerprint density at radius 1 is 0.556 bits per heavy atom. The third-order valence-electron chi connectivity index (χ3n) is 12.3. The summed E-state index contributed by atoms with van der Waals surface area (Å²) in [5.74, 6) is -0.600. The van der Waals surface area contributed by atoms with Crippen LogP contribution in [-0.4, -0.2) is 108 Å². The van der Waals surface area contributed by atoms with E-state index in [-0.39, 0.29) is 6.42 Å². The van der Waals surface area contributed by atoms with Gasteiger partial charge in [0, 0.05) is 0 Å². The number of carbonyl (C=O) groups is 1. The summed E-state index contributed by atoms with van der Waals surface area (Å²) < 4.78 is 22.9. The van der Waals surface area contributed by atoms with Crippen LogP contribution in [0.15, 0.2) is 24.3 Å². The van der Waals surface area contributed by atoms with Crippen LogP contribution in [-0.2, 0) is 18.4 Å². The van der Waals surface area contributed by atoms with Crippen LogP contribution in [0, 0.1) is 0 Å². The van der Waals surface area contributed by atoms with Crippen molar-refractivity contribution in [2.45, 2.75) is 274 Å². The van der Waals surface area contributed by atoms with E-state index in [4.69, 9.17) is 9.05 Å². The minimum absolute atomic E-state index is 0.254. The molecular weight excluding hydrogens is 826 g/mol. The van der Waals surface area contributed by atoms with Crippen LogP contribution < -0.4 is 5.32 Å². The highest BCUT2D eigenvalue weighted by Gasteiger charge is 2.51. The molecule has 1 aliphatic carbocycles. The molecule has 13 nitrogen and oxygen atoms in total. The summed E-state index contributed by atoms with van der Waals surface area (Å²) in [5.41, 5.74) is 0. The van der Waals surface area contributed by atoms with E-state index in [1.54, 1.807) is 6.08 Å². The lowest BCUT2D eigenvalue weighted by Gasteiger charge is -2.41. The zero-order valence-electron chi connectivity index (χ0n) is 39.5. The van der Waals surface area contributed by atoms with Crippen molar-refractivity contribution in [3.63, 3.8) is 0 Å². The first-order valence-electron chi connectivity index (χ1n) is 25.4. The van der Waals surface area contributed by atoms with Gasteiger partial charge in [-0.05, 0) is 44.9 Å². The fraction of sp³-hybridized carbons (Fsp3) is 0.898. The molecule has 0 aromatic rings. The zero-order valence-corrected chi connectivity index (χ0v) is 40.4. The highest BCUT2D eigenvalue weighted by Crippen LogP contribution is 2.47. The van der Waals surface area contributed by atoms with Gasteiger partial charge in [0.15, 0.2) is 0 Å². The fourth-order valence-electron chi connectivity index (χ4n) is 8.12. The highest BCUT2D eigenvalue weighted by atomic mass is 31.2. The van der Waals surface area contributed by atoms with Crippen LogP contribution in [0.4, 0.5) is 0 Å². The molecule has 0 aromatic carbocycles. The van der Waals surface area contributed by atoms with Gasteiger partial charge in [-0.3, -0.25) is 13.8 Å². The Balaban J connectivity index is 2.51. The third-order valence-corrected chi connectivity index (χ3v) is 13.3. The summed E-state index contributed by atoms with van der Waals surface area (Å²) in [6, 6.07) is -1.24. The molecule has 0 aromatic heterocycles. The normalized spacial score (nSPS) is 23.0. The van der Waals surface area contributed by atoms with Crippen LogP contribution in [0.2, 0.25) is 0 Å². The number of rotatable bonds is 42. The topological polar surface area (TPSA) is 226 Å². The van der Waals surface area contributed by atoms with E-state index < -0.39 is 75.2 Å². The molecule has 1 amide bonds. The molecule has 8 atom stereocenters. The van der Waals surface area contributed by atoms with Crippen molar-refractivity contribution in [1.82, 2.24) is 5.32 Å². The molecule has 1 saturated carbocycles. The number of aliphatic hydroxyl groups excluding tert-OH is 7. The van der Waals surface area contributed by atoms with Gasteiger partial charge < -0.3 is 46.0 Å². The summed E-state index contributed by atoms with van der Waals surface area (Å²) in [6.45, 7) is 3.75. The maximum atomic E-state index is 13.0. The van der Waals surface area contributed by atoms with Crippen molar-refractivity contribution in [2.75, 3.05) is 6.61 Å². The first-order chi connectivity index (χ1) is 30.3. The lowest BCUT2D eigenvalue weighted by molar-refractivity contribution is -0.220. The molecule has 63 heavy (non-hydrogen) atoms. The first kappa shape index (κ1) is 59.8. The second-order valence-corrected chi connectivity index (χ2v) is 19.6. The van der Waals surface area contributed by atoms with Crippen LogP contribution in [0.25, 0.3) is 0 Å². The molecule has 1 aliphatic rings. The molecule has 0 saturated heterocycles. The molecule has 0 radical (unpaired) electrons. The van der Waals surface area contributed by atoms with Gasteiger partial charge in [-0.15, -0.1) is 0 Å². The average molecular weight is 920 g/mol. The number of amides is 1. The summed E-state index contributed by atoms with van der Waals surface area (Å²) in [6.07, 6.45) is 29.7. The predicted molar refractivity (Wildman–Crippen MR) is 252 cm³/mol. The zero-order chi connectivity index (χ0) is 46.6. The molecule has 14 heteroatoms. The van der Waals surface area contributed by atoms with Gasteiger partial charge in [-0.25, -0.2) is 4.57 Å². The summed E-state index contributed by atoms with van der Waals surface area (Å²) >= 11 is 0. The van der Waals surface area contributed by atoms with Crippen molar-refractivity contribution in [1.29, 1.82) is 0 Å². The van der Waals surface area contributed by atoms with E-state index in [1.807, 2.05) is 0 Å². The Bertz CT molecular complexity index is 1180. The quantitative estimate of drug-likeness (QED) is 0.0159. The SMILES string of the molecule is CCCCCCCCC/C=C\CCCCCC(O)CC(=O)NC(COP(=O)(O)OC1C(O)C(O)C(O)C(O)C1O)C(O)/C=C/CCCCCCCCCCCCCCCCCCC. The number of hydrogen-bond donors (Lipinski definition) is 9. The van der Waals surface area contributed by atoms with E-state index in [0.717, 1.165) is 51.4 Å². The summed E-state index contributed by atoms with van der Waals surface area (Å²) in [7, 11) is -5.14. The Kier molecular flexibility index (Phi) is 36.9. The van der Waals surface area contributed by atoms with Crippen molar-refractivity contribution in [3.8, 4) is 0 Å². The number of nitrogens with one attached hydrogen (secondary N) is 1. The molecular formula is C49H94NO12P. The second-order valence-electron chi connectivity index (χ2n) is 18.2. The monoisotopic (exact) mass is 920 g/mol. The molecule has 1 fully saturated rings. The Morgan fingerprint density at radius 2 is 0.921 bits per heavy atom. The van der Waals surface area contributed by atoms with Gasteiger partial charge in [-0.1, -0.05) is 192 Å². The van der Waals surface area contributed by atoms with E-state index in [9.17, 15) is 50.0 Å². The van der Waals surface area contributed by atoms with Crippen LogP contribution >= 0.6 is 7.82 Å². The van der Waals surface area contributed by atoms with Crippen LogP contribution in [0.3, 0.4) is 0 Å². The minimum Gasteiger partial charge on any atom is -0.393 e. The Hall–Kier alpha value is -1.22. The molecule has 9 N–H and O–H groups in total. The van der Waals surface area contributed by atoms with Gasteiger partial charge in [0.05, 0.1) is 31.3 Å². The van der Waals surface area contributed by atoms with Gasteiger partial charge >= 0.3 is 7.82 Å². The third kappa shape index (κ3) is 30.6. The predicted octanol–water partition coefficient (Wildman–Crippen LogP) is 9.15. The Morgan fingerprint density at radius 3 is 1.35 bits per heavy atom. The largest absolute Gasteiger partial charge is 0.472 e. The molecule has 0 aliphatic heterocycles. The lowest BCUT2D eigenvalue weighted by atomic mass is 9.85. The number of aliphatic hydroxyl groups is 7. The minimum atomic E-state index is -5.14. The van der Waals surface area contributed by atoms with Crippen molar-refractivity contribution in [2.24, 2.45) is 0 Å². The van der Waals surface area contributed by atoms with E-state index in [2.05, 4.69) is 31.3 Å². The van der Waals surface area contributed by atoms with Gasteiger partial charge in [0.1, 0.15) is 36.6 Å². The standard InChI is InChI=1S/C49H94NO12P/c1-3-5-7-9-11-13-15-17-19-20-21-22-23-25-27-29-31-33-35-37-42(52)41(39-61-63(59,60)62-49-47(57)45(55)44(54)46(56)48(49)58)50-43(53)38-40(51)36-34-32-30-28-26-24-18-16-14-12-10-8-6-4-2/h24,26,35,37,40-42,44-49,51-52,54-58H,3-23,25,27-34,36,38-39H2,1-2H3,(H,50,53)(H,59,60)/b26-24-,37-35+. The van der Waals surface area contributed by atoms with E-state index in [0.29, 0.717) is 12.8 Å². The molecule has 0 heterocycles. The maximum absolute atomic E-state index is 13.0. The smallest absolute Gasteiger partial charge is 0.393 e. The molecule has 1 rings (SSSR count). The Labute approximate surface area is 382 Å². The summed E-state index contributed by atoms with van der Waals surface area (Å²) in [5, 5.41) is 74.6. The molecule has 372 valence electrons. The van der Waals surface area contributed by atoms with E-state index in [1.165, 1.54) is 141 Å². The molecule has 0 spiro atoms. The number of unbranched alkanes of at least 4 members (excludes halogenated alkanes) is 27. The number of phosphoric ester groups is 1. The first-order valence-corrected chi connectivity index (χ1v) is 26.9. The highest BCUT2D eigenvalue weighted by molar-refractivity contribution is 7.47. The number of phosphoric acid groups is 1. The number of allylic oxidation sites excluding steroid dienone is 3. The maximum Gasteiger partial charge on any atom is 0.472 e.